The number of anilines is 1. The summed E-state index contributed by atoms with van der Waals surface area (Å²) in [5, 5.41) is 3.23. The van der Waals surface area contributed by atoms with Gasteiger partial charge in [-0.25, -0.2) is 4.79 Å². The first-order valence-electron chi connectivity index (χ1n) is 9.18. The fourth-order valence-electron chi connectivity index (χ4n) is 3.77. The van der Waals surface area contributed by atoms with Gasteiger partial charge in [0.05, 0.1) is 12.8 Å². The van der Waals surface area contributed by atoms with Crippen LogP contribution in [0.4, 0.5) is 10.5 Å². The van der Waals surface area contributed by atoms with Gasteiger partial charge in [-0.05, 0) is 45.5 Å². The van der Waals surface area contributed by atoms with Crippen molar-refractivity contribution in [2.45, 2.75) is 31.3 Å². The molecule has 2 aliphatic heterocycles. The number of nitrogens with zero attached hydrogens (tertiary/aromatic N) is 3. The van der Waals surface area contributed by atoms with Crippen molar-refractivity contribution in [3.8, 4) is 5.75 Å². The fraction of sp³-hybridized carbons (Fsp3) is 0.632. The minimum atomic E-state index is 0.0973. The third-order valence-electron chi connectivity index (χ3n) is 5.43. The first-order chi connectivity index (χ1) is 12.1. The number of hydrogen-bond donors (Lipinski definition) is 1. The minimum Gasteiger partial charge on any atom is -0.495 e. The van der Waals surface area contributed by atoms with E-state index < -0.39 is 0 Å². The number of ether oxygens (including phenoxy) is 1. The van der Waals surface area contributed by atoms with Gasteiger partial charge in [0, 0.05) is 38.3 Å². The monoisotopic (exact) mass is 346 g/mol. The SMILES string of the molecule is COc1ccccc1N1CCC(NC(=O)N2CCC(N(C)C)C2)CC1. The quantitative estimate of drug-likeness (QED) is 0.906. The van der Waals surface area contributed by atoms with Crippen molar-refractivity contribution in [2.75, 3.05) is 52.3 Å². The number of likely N-dealkylation sites (N-methyl/N-ethyl adjacent to an activating group) is 1. The number of likely N-dealkylation sites (tertiary alicyclic amines) is 1. The van der Waals surface area contributed by atoms with Gasteiger partial charge < -0.3 is 24.8 Å². The summed E-state index contributed by atoms with van der Waals surface area (Å²) in [6.45, 7) is 3.56. The fourth-order valence-corrected chi connectivity index (χ4v) is 3.77. The van der Waals surface area contributed by atoms with Crippen LogP contribution in [-0.2, 0) is 0 Å². The van der Waals surface area contributed by atoms with Crippen LogP contribution in [-0.4, -0.2) is 75.3 Å². The number of rotatable bonds is 4. The van der Waals surface area contributed by atoms with Crippen molar-refractivity contribution in [2.24, 2.45) is 0 Å². The molecule has 138 valence electrons. The first kappa shape index (κ1) is 17.9. The van der Waals surface area contributed by atoms with Gasteiger partial charge in [0.25, 0.3) is 0 Å². The van der Waals surface area contributed by atoms with Crippen LogP contribution in [0.5, 0.6) is 5.75 Å². The summed E-state index contributed by atoms with van der Waals surface area (Å²) in [5.74, 6) is 0.914. The summed E-state index contributed by atoms with van der Waals surface area (Å²) >= 11 is 0. The van der Waals surface area contributed by atoms with Crippen molar-refractivity contribution in [3.05, 3.63) is 24.3 Å². The van der Waals surface area contributed by atoms with Gasteiger partial charge in [0.2, 0.25) is 0 Å². The largest absolute Gasteiger partial charge is 0.495 e. The predicted molar refractivity (Wildman–Crippen MR) is 100 cm³/mol. The molecule has 6 heteroatoms. The number of para-hydroxylation sites is 2. The average molecular weight is 346 g/mol. The zero-order valence-corrected chi connectivity index (χ0v) is 15.6. The summed E-state index contributed by atoms with van der Waals surface area (Å²) in [4.78, 5) is 19.0. The Morgan fingerprint density at radius 1 is 1.16 bits per heavy atom. The predicted octanol–water partition coefficient (Wildman–Crippen LogP) is 2.01. The van der Waals surface area contributed by atoms with Gasteiger partial charge in [-0.3, -0.25) is 0 Å². The van der Waals surface area contributed by atoms with Crippen molar-refractivity contribution in [1.29, 1.82) is 0 Å². The number of urea groups is 1. The smallest absolute Gasteiger partial charge is 0.317 e. The molecule has 0 bridgehead atoms. The van der Waals surface area contributed by atoms with E-state index in [1.54, 1.807) is 7.11 Å². The summed E-state index contributed by atoms with van der Waals surface area (Å²) in [5.41, 5.74) is 1.14. The number of hydrogen-bond acceptors (Lipinski definition) is 4. The summed E-state index contributed by atoms with van der Waals surface area (Å²) in [6.07, 6.45) is 3.00. The van der Waals surface area contributed by atoms with Crippen molar-refractivity contribution in [1.82, 2.24) is 15.1 Å². The highest BCUT2D eigenvalue weighted by Crippen LogP contribution is 2.29. The third-order valence-corrected chi connectivity index (χ3v) is 5.43. The van der Waals surface area contributed by atoms with Gasteiger partial charge in [-0.1, -0.05) is 12.1 Å². The highest BCUT2D eigenvalue weighted by atomic mass is 16.5. The highest BCUT2D eigenvalue weighted by molar-refractivity contribution is 5.75. The molecule has 6 nitrogen and oxygen atoms in total. The van der Waals surface area contributed by atoms with Crippen LogP contribution in [0.3, 0.4) is 0 Å². The third kappa shape index (κ3) is 4.18. The standard InChI is InChI=1S/C19H30N4O2/c1-21(2)16-10-13-23(14-16)19(24)20-15-8-11-22(12-9-15)17-6-4-5-7-18(17)25-3/h4-7,15-16H,8-14H2,1-3H3,(H,20,24). The van der Waals surface area contributed by atoms with Crippen LogP contribution in [0.25, 0.3) is 0 Å². The van der Waals surface area contributed by atoms with Crippen LogP contribution in [0.15, 0.2) is 24.3 Å². The Hall–Kier alpha value is -1.95. The molecule has 3 rings (SSSR count). The van der Waals surface area contributed by atoms with Gasteiger partial charge in [0.15, 0.2) is 0 Å². The summed E-state index contributed by atoms with van der Waals surface area (Å²) in [7, 11) is 5.88. The second kappa shape index (κ2) is 7.95. The van der Waals surface area contributed by atoms with E-state index in [9.17, 15) is 4.79 Å². The van der Waals surface area contributed by atoms with Crippen LogP contribution >= 0.6 is 0 Å². The average Bonchev–Trinajstić information content (AvgIpc) is 3.13. The van der Waals surface area contributed by atoms with Crippen molar-refractivity contribution >= 4 is 11.7 Å². The number of carbonyl (C=O) groups is 1. The topological polar surface area (TPSA) is 48.1 Å². The Balaban J connectivity index is 1.49. The molecule has 0 spiro atoms. The Kier molecular flexibility index (Phi) is 5.68. The van der Waals surface area contributed by atoms with E-state index in [1.807, 2.05) is 23.1 Å². The van der Waals surface area contributed by atoms with E-state index in [-0.39, 0.29) is 12.1 Å². The number of benzene rings is 1. The zero-order valence-electron chi connectivity index (χ0n) is 15.6. The second-order valence-corrected chi connectivity index (χ2v) is 7.23. The molecule has 0 radical (unpaired) electrons. The van der Waals surface area contributed by atoms with Crippen LogP contribution in [0.2, 0.25) is 0 Å². The van der Waals surface area contributed by atoms with Crippen LogP contribution in [0.1, 0.15) is 19.3 Å². The zero-order chi connectivity index (χ0) is 17.8. The highest BCUT2D eigenvalue weighted by Gasteiger charge is 2.29. The Bertz CT molecular complexity index is 585. The Morgan fingerprint density at radius 3 is 2.52 bits per heavy atom. The normalized spacial score (nSPS) is 21.7. The maximum Gasteiger partial charge on any atom is 0.317 e. The maximum absolute atomic E-state index is 12.5. The molecule has 2 saturated heterocycles. The van der Waals surface area contributed by atoms with Gasteiger partial charge >= 0.3 is 6.03 Å². The molecule has 2 fully saturated rings. The molecule has 2 heterocycles. The van der Waals surface area contributed by atoms with Crippen molar-refractivity contribution in [3.63, 3.8) is 0 Å². The molecule has 1 unspecified atom stereocenters. The second-order valence-electron chi connectivity index (χ2n) is 7.23. The molecule has 1 atom stereocenters. The van der Waals surface area contributed by atoms with E-state index in [0.717, 1.165) is 56.9 Å². The molecule has 0 saturated carbocycles. The first-order valence-corrected chi connectivity index (χ1v) is 9.18. The molecular formula is C19H30N4O2. The molecular weight excluding hydrogens is 316 g/mol. The molecule has 25 heavy (non-hydrogen) atoms. The van der Waals surface area contributed by atoms with Gasteiger partial charge in [-0.15, -0.1) is 0 Å². The molecule has 1 aromatic carbocycles. The number of piperidine rings is 1. The molecule has 2 amide bonds. The number of methoxy groups -OCH3 is 1. The molecule has 0 aliphatic carbocycles. The Labute approximate surface area is 150 Å². The summed E-state index contributed by atoms with van der Waals surface area (Å²) < 4.78 is 5.46. The van der Waals surface area contributed by atoms with Gasteiger partial charge in [0.1, 0.15) is 5.75 Å². The Morgan fingerprint density at radius 2 is 1.88 bits per heavy atom. The lowest BCUT2D eigenvalue weighted by atomic mass is 10.0. The lowest BCUT2D eigenvalue weighted by Crippen LogP contribution is -2.49. The number of amides is 2. The number of nitrogens with one attached hydrogen (secondary N) is 1. The van der Waals surface area contributed by atoms with E-state index in [0.29, 0.717) is 6.04 Å². The van der Waals surface area contributed by atoms with E-state index in [2.05, 4.69) is 35.3 Å². The molecule has 0 aromatic heterocycles. The van der Waals surface area contributed by atoms with E-state index in [1.165, 1.54) is 0 Å². The minimum absolute atomic E-state index is 0.0973. The lowest BCUT2D eigenvalue weighted by Gasteiger charge is -2.35. The van der Waals surface area contributed by atoms with E-state index in [4.69, 9.17) is 4.74 Å². The van der Waals surface area contributed by atoms with Crippen LogP contribution < -0.4 is 15.0 Å². The van der Waals surface area contributed by atoms with Gasteiger partial charge in [-0.2, -0.15) is 0 Å². The van der Waals surface area contributed by atoms with Crippen molar-refractivity contribution < 1.29 is 9.53 Å². The molecule has 1 aromatic rings. The number of carbonyl (C=O) groups excluding carboxylic acids is 1. The maximum atomic E-state index is 12.5. The summed E-state index contributed by atoms with van der Waals surface area (Å²) in [6, 6.07) is 8.98. The molecule has 2 aliphatic rings. The molecule has 1 N–H and O–H groups in total. The van der Waals surface area contributed by atoms with Crippen LogP contribution in [0, 0.1) is 0 Å². The van der Waals surface area contributed by atoms with E-state index >= 15 is 0 Å². The lowest BCUT2D eigenvalue weighted by molar-refractivity contribution is 0.197.